The standard InChI is InChI=1S/C16H18N2OS/c1-10-7-14(20-11(10)2)9-18-16(19)13-4-3-12-5-6-17-15(12)8-13/h3-4,7-8,17H,5-6,9H2,1-2H3,(H,18,19). The number of hydrogen-bond donors (Lipinski definition) is 2. The van der Waals surface area contributed by atoms with E-state index in [-0.39, 0.29) is 5.91 Å². The van der Waals surface area contributed by atoms with Crippen LogP contribution in [0.15, 0.2) is 24.3 Å². The average molecular weight is 286 g/mol. The predicted octanol–water partition coefficient (Wildman–Crippen LogP) is 3.26. The summed E-state index contributed by atoms with van der Waals surface area (Å²) in [7, 11) is 0. The molecular weight excluding hydrogens is 268 g/mol. The van der Waals surface area contributed by atoms with E-state index >= 15 is 0 Å². The number of thiophene rings is 1. The molecule has 20 heavy (non-hydrogen) atoms. The molecule has 4 heteroatoms. The Bertz CT molecular complexity index is 641. The summed E-state index contributed by atoms with van der Waals surface area (Å²) in [6.07, 6.45) is 1.05. The summed E-state index contributed by atoms with van der Waals surface area (Å²) in [6, 6.07) is 8.04. The quantitative estimate of drug-likeness (QED) is 0.909. The van der Waals surface area contributed by atoms with E-state index in [4.69, 9.17) is 0 Å². The second-order valence-corrected chi connectivity index (χ2v) is 6.52. The van der Waals surface area contributed by atoms with Crippen molar-refractivity contribution in [3.8, 4) is 0 Å². The summed E-state index contributed by atoms with van der Waals surface area (Å²) in [5.41, 5.74) is 4.41. The minimum atomic E-state index is -0.00907. The summed E-state index contributed by atoms with van der Waals surface area (Å²) < 4.78 is 0. The molecule has 1 aromatic heterocycles. The van der Waals surface area contributed by atoms with Crippen LogP contribution in [0.5, 0.6) is 0 Å². The van der Waals surface area contributed by atoms with Gasteiger partial charge >= 0.3 is 0 Å². The lowest BCUT2D eigenvalue weighted by Crippen LogP contribution is -2.22. The van der Waals surface area contributed by atoms with Crippen LogP contribution in [-0.4, -0.2) is 12.5 Å². The van der Waals surface area contributed by atoms with E-state index in [0.29, 0.717) is 6.54 Å². The smallest absolute Gasteiger partial charge is 0.251 e. The van der Waals surface area contributed by atoms with Crippen molar-refractivity contribution >= 4 is 22.9 Å². The molecule has 0 radical (unpaired) electrons. The van der Waals surface area contributed by atoms with Crippen LogP contribution in [0.2, 0.25) is 0 Å². The molecule has 0 aliphatic carbocycles. The molecule has 0 saturated carbocycles. The van der Waals surface area contributed by atoms with Crippen LogP contribution in [0, 0.1) is 13.8 Å². The predicted molar refractivity (Wildman–Crippen MR) is 83.6 cm³/mol. The first kappa shape index (κ1) is 13.2. The zero-order valence-electron chi connectivity index (χ0n) is 11.7. The number of hydrogen-bond acceptors (Lipinski definition) is 3. The van der Waals surface area contributed by atoms with Gasteiger partial charge in [-0.1, -0.05) is 6.07 Å². The number of aryl methyl sites for hydroxylation is 2. The van der Waals surface area contributed by atoms with E-state index in [9.17, 15) is 4.79 Å². The van der Waals surface area contributed by atoms with Crippen molar-refractivity contribution in [2.24, 2.45) is 0 Å². The summed E-state index contributed by atoms with van der Waals surface area (Å²) in [4.78, 5) is 14.7. The van der Waals surface area contributed by atoms with Gasteiger partial charge in [-0.25, -0.2) is 0 Å². The van der Waals surface area contributed by atoms with Gasteiger partial charge in [0.1, 0.15) is 0 Å². The average Bonchev–Trinajstić information content (AvgIpc) is 3.02. The highest BCUT2D eigenvalue weighted by atomic mass is 32.1. The Hall–Kier alpha value is -1.81. The fraction of sp³-hybridized carbons (Fsp3) is 0.312. The van der Waals surface area contributed by atoms with Gasteiger partial charge in [-0.15, -0.1) is 11.3 Å². The Kier molecular flexibility index (Phi) is 3.49. The second-order valence-electron chi connectivity index (χ2n) is 5.18. The third kappa shape index (κ3) is 2.56. The topological polar surface area (TPSA) is 41.1 Å². The van der Waals surface area contributed by atoms with Crippen molar-refractivity contribution in [2.75, 3.05) is 11.9 Å². The summed E-state index contributed by atoms with van der Waals surface area (Å²) in [6.45, 7) is 5.78. The van der Waals surface area contributed by atoms with Gasteiger partial charge in [-0.3, -0.25) is 4.79 Å². The van der Waals surface area contributed by atoms with Crippen LogP contribution in [0.25, 0.3) is 0 Å². The summed E-state index contributed by atoms with van der Waals surface area (Å²) in [5, 5.41) is 6.29. The molecule has 3 nitrogen and oxygen atoms in total. The molecule has 2 N–H and O–H groups in total. The Morgan fingerprint density at radius 3 is 2.95 bits per heavy atom. The molecule has 0 bridgehead atoms. The van der Waals surface area contributed by atoms with Crippen molar-refractivity contribution in [2.45, 2.75) is 26.8 Å². The highest BCUT2D eigenvalue weighted by molar-refractivity contribution is 7.12. The highest BCUT2D eigenvalue weighted by Gasteiger charge is 2.13. The molecular formula is C16H18N2OS. The van der Waals surface area contributed by atoms with Crippen LogP contribution >= 0.6 is 11.3 Å². The number of benzene rings is 1. The number of fused-ring (bicyclic) bond motifs is 1. The molecule has 3 rings (SSSR count). The van der Waals surface area contributed by atoms with Crippen molar-refractivity contribution in [3.05, 3.63) is 50.7 Å². The molecule has 0 unspecified atom stereocenters. The molecule has 2 aromatic rings. The molecule has 104 valence electrons. The molecule has 1 aliphatic heterocycles. The third-order valence-corrected chi connectivity index (χ3v) is 4.87. The van der Waals surface area contributed by atoms with E-state index in [2.05, 4.69) is 30.5 Å². The molecule has 0 fully saturated rings. The second kappa shape index (κ2) is 5.29. The molecule has 0 atom stereocenters. The SMILES string of the molecule is Cc1cc(CNC(=O)c2ccc3c(c2)NCC3)sc1C. The van der Waals surface area contributed by atoms with Gasteiger partial charge in [0.05, 0.1) is 6.54 Å². The minimum absolute atomic E-state index is 0.00907. The van der Waals surface area contributed by atoms with Crippen molar-refractivity contribution < 1.29 is 4.79 Å². The van der Waals surface area contributed by atoms with Crippen LogP contribution in [0.1, 0.15) is 31.2 Å². The lowest BCUT2D eigenvalue weighted by molar-refractivity contribution is 0.0951. The van der Waals surface area contributed by atoms with Gasteiger partial charge in [0, 0.05) is 27.5 Å². The maximum absolute atomic E-state index is 12.2. The number of carbonyl (C=O) groups is 1. The lowest BCUT2D eigenvalue weighted by Gasteiger charge is -2.06. The molecule has 1 aromatic carbocycles. The minimum Gasteiger partial charge on any atom is -0.384 e. The Labute approximate surface area is 123 Å². The van der Waals surface area contributed by atoms with Gasteiger partial charge in [0.25, 0.3) is 5.91 Å². The number of nitrogens with one attached hydrogen (secondary N) is 2. The van der Waals surface area contributed by atoms with Gasteiger partial charge in [0.2, 0.25) is 0 Å². The maximum atomic E-state index is 12.2. The number of anilines is 1. The molecule has 0 saturated heterocycles. The first-order chi connectivity index (χ1) is 9.63. The van der Waals surface area contributed by atoms with E-state index in [0.717, 1.165) is 24.2 Å². The van der Waals surface area contributed by atoms with Crippen molar-refractivity contribution in [1.82, 2.24) is 5.32 Å². The van der Waals surface area contributed by atoms with E-state index in [1.54, 1.807) is 11.3 Å². The van der Waals surface area contributed by atoms with Gasteiger partial charge < -0.3 is 10.6 Å². The fourth-order valence-corrected chi connectivity index (χ4v) is 3.43. The largest absolute Gasteiger partial charge is 0.384 e. The molecule has 2 heterocycles. The Balaban J connectivity index is 1.67. The first-order valence-corrected chi connectivity index (χ1v) is 7.66. The fourth-order valence-electron chi connectivity index (χ4n) is 2.44. The van der Waals surface area contributed by atoms with Crippen molar-refractivity contribution in [3.63, 3.8) is 0 Å². The normalized spacial score (nSPS) is 12.9. The van der Waals surface area contributed by atoms with E-state index < -0.39 is 0 Å². The lowest BCUT2D eigenvalue weighted by atomic mass is 10.1. The van der Waals surface area contributed by atoms with Crippen LogP contribution in [0.3, 0.4) is 0 Å². The van der Waals surface area contributed by atoms with Crippen LogP contribution in [0.4, 0.5) is 5.69 Å². The van der Waals surface area contributed by atoms with E-state index in [1.165, 1.54) is 20.9 Å². The molecule has 0 spiro atoms. The van der Waals surface area contributed by atoms with Gasteiger partial charge in [0.15, 0.2) is 0 Å². The monoisotopic (exact) mass is 286 g/mol. The highest BCUT2D eigenvalue weighted by Crippen LogP contribution is 2.23. The number of rotatable bonds is 3. The summed E-state index contributed by atoms with van der Waals surface area (Å²) >= 11 is 1.74. The van der Waals surface area contributed by atoms with Gasteiger partial charge in [-0.2, -0.15) is 0 Å². The maximum Gasteiger partial charge on any atom is 0.251 e. The zero-order chi connectivity index (χ0) is 14.1. The Morgan fingerprint density at radius 2 is 2.20 bits per heavy atom. The van der Waals surface area contributed by atoms with Gasteiger partial charge in [-0.05, 0) is 49.6 Å². The number of carbonyl (C=O) groups excluding carboxylic acids is 1. The molecule has 1 amide bonds. The number of amides is 1. The third-order valence-electron chi connectivity index (χ3n) is 3.72. The van der Waals surface area contributed by atoms with Crippen LogP contribution in [-0.2, 0) is 13.0 Å². The summed E-state index contributed by atoms with van der Waals surface area (Å²) in [5.74, 6) is -0.00907. The van der Waals surface area contributed by atoms with Crippen molar-refractivity contribution in [1.29, 1.82) is 0 Å². The van der Waals surface area contributed by atoms with Crippen LogP contribution < -0.4 is 10.6 Å². The molecule has 1 aliphatic rings. The van der Waals surface area contributed by atoms with E-state index in [1.807, 2.05) is 18.2 Å². The zero-order valence-corrected chi connectivity index (χ0v) is 12.6. The first-order valence-electron chi connectivity index (χ1n) is 6.84. The Morgan fingerprint density at radius 1 is 1.35 bits per heavy atom.